The van der Waals surface area contributed by atoms with Crippen molar-refractivity contribution in [3.8, 4) is 0 Å². The average molecular weight is 182 g/mol. The quantitative estimate of drug-likeness (QED) is 0.607. The van der Waals surface area contributed by atoms with E-state index in [0.717, 1.165) is 23.3 Å². The first-order valence-electron chi connectivity index (χ1n) is 3.80. The highest BCUT2D eigenvalue weighted by Gasteiger charge is 2.22. The highest BCUT2D eigenvalue weighted by Crippen LogP contribution is 2.27. The van der Waals surface area contributed by atoms with E-state index in [2.05, 4.69) is 5.32 Å². The van der Waals surface area contributed by atoms with Gasteiger partial charge in [0.05, 0.1) is 6.42 Å². The summed E-state index contributed by atoms with van der Waals surface area (Å²) in [5.41, 5.74) is 4.60. The van der Waals surface area contributed by atoms with Gasteiger partial charge in [0, 0.05) is 11.2 Å². The second kappa shape index (κ2) is 2.79. The van der Waals surface area contributed by atoms with Crippen LogP contribution in [0.4, 0.5) is 0 Å². The van der Waals surface area contributed by atoms with E-state index in [0.29, 0.717) is 6.42 Å². The molecule has 0 unspecified atom stereocenters. The van der Waals surface area contributed by atoms with Gasteiger partial charge in [-0.2, -0.15) is 0 Å². The van der Waals surface area contributed by atoms with Gasteiger partial charge < -0.3 is 5.32 Å². The Morgan fingerprint density at radius 3 is 3.17 bits per heavy atom. The molecule has 2 nitrogen and oxygen atoms in total. The Hall–Kier alpha value is -1.02. The molecule has 1 saturated heterocycles. The number of carbonyl (C=O) groups excluding carboxylic acids is 1. The average Bonchev–Trinajstić information content (AvgIpc) is 2.43. The molecule has 2 aliphatic rings. The van der Waals surface area contributed by atoms with Crippen molar-refractivity contribution >= 4 is 17.5 Å². The first kappa shape index (κ1) is 7.62. The standard InChI is InChI=1S/C9H8ClNO/c10-5-6-1-2-7-4-9(12)11-8(7)3-6/h2-3,5H,1,4H2,(H,11,12). The fourth-order valence-electron chi connectivity index (χ4n) is 1.42. The van der Waals surface area contributed by atoms with Crippen LogP contribution in [0.2, 0.25) is 0 Å². The van der Waals surface area contributed by atoms with Gasteiger partial charge in [0.2, 0.25) is 5.91 Å². The third-order valence-electron chi connectivity index (χ3n) is 2.03. The summed E-state index contributed by atoms with van der Waals surface area (Å²) in [7, 11) is 0. The normalized spacial score (nSPS) is 24.8. The number of hydrogen-bond donors (Lipinski definition) is 1. The minimum Gasteiger partial charge on any atom is -0.326 e. The first-order valence-corrected chi connectivity index (χ1v) is 4.23. The minimum absolute atomic E-state index is 0.0725. The van der Waals surface area contributed by atoms with Crippen LogP contribution < -0.4 is 5.32 Å². The van der Waals surface area contributed by atoms with E-state index < -0.39 is 0 Å². The second-order valence-corrected chi connectivity index (χ2v) is 3.12. The van der Waals surface area contributed by atoms with Crippen molar-refractivity contribution in [2.45, 2.75) is 12.8 Å². The molecule has 0 saturated carbocycles. The predicted octanol–water partition coefficient (Wildman–Crippen LogP) is 1.84. The second-order valence-electron chi connectivity index (χ2n) is 2.90. The Kier molecular flexibility index (Phi) is 1.77. The lowest BCUT2D eigenvalue weighted by Crippen LogP contribution is -2.12. The molecule has 3 heteroatoms. The lowest BCUT2D eigenvalue weighted by molar-refractivity contribution is -0.118. The van der Waals surface area contributed by atoms with Crippen LogP contribution in [-0.4, -0.2) is 5.91 Å². The fraction of sp³-hybridized carbons (Fsp3) is 0.222. The van der Waals surface area contributed by atoms with Crippen LogP contribution in [0.1, 0.15) is 12.8 Å². The van der Waals surface area contributed by atoms with Crippen LogP contribution in [0.5, 0.6) is 0 Å². The third kappa shape index (κ3) is 1.18. The Morgan fingerprint density at radius 2 is 2.42 bits per heavy atom. The highest BCUT2D eigenvalue weighted by atomic mass is 35.5. The van der Waals surface area contributed by atoms with Crippen LogP contribution in [-0.2, 0) is 4.79 Å². The minimum atomic E-state index is 0.0725. The number of nitrogens with one attached hydrogen (secondary N) is 1. The van der Waals surface area contributed by atoms with Crippen molar-refractivity contribution in [1.29, 1.82) is 0 Å². The van der Waals surface area contributed by atoms with E-state index in [9.17, 15) is 4.79 Å². The molecule has 2 rings (SSSR count). The van der Waals surface area contributed by atoms with Crippen LogP contribution in [0.25, 0.3) is 0 Å². The monoisotopic (exact) mass is 181 g/mol. The molecule has 1 amide bonds. The Labute approximate surface area is 75.6 Å². The van der Waals surface area contributed by atoms with Crippen molar-refractivity contribution in [3.05, 3.63) is 34.5 Å². The Balaban J connectivity index is 2.34. The maximum Gasteiger partial charge on any atom is 0.228 e. The van der Waals surface area contributed by atoms with Crippen LogP contribution in [0, 0.1) is 0 Å². The van der Waals surface area contributed by atoms with E-state index >= 15 is 0 Å². The van der Waals surface area contributed by atoms with Gasteiger partial charge >= 0.3 is 0 Å². The first-order chi connectivity index (χ1) is 5.79. The molecule has 0 aromatic carbocycles. The summed E-state index contributed by atoms with van der Waals surface area (Å²) in [6.45, 7) is 0. The number of amides is 1. The van der Waals surface area contributed by atoms with E-state index in [-0.39, 0.29) is 5.91 Å². The fourth-order valence-corrected chi connectivity index (χ4v) is 1.57. The van der Waals surface area contributed by atoms with Gasteiger partial charge in [0.25, 0.3) is 0 Å². The summed E-state index contributed by atoms with van der Waals surface area (Å²) in [5.74, 6) is 0.0725. The summed E-state index contributed by atoms with van der Waals surface area (Å²) in [5, 5.41) is 2.77. The summed E-state index contributed by atoms with van der Waals surface area (Å²) < 4.78 is 0. The number of carbonyl (C=O) groups is 1. The molecule has 1 aliphatic heterocycles. The molecule has 1 fully saturated rings. The molecule has 62 valence electrons. The van der Waals surface area contributed by atoms with Gasteiger partial charge in [-0.1, -0.05) is 17.7 Å². The predicted molar refractivity (Wildman–Crippen MR) is 47.5 cm³/mol. The Bertz CT molecular complexity index is 325. The van der Waals surface area contributed by atoms with Gasteiger partial charge in [0.1, 0.15) is 0 Å². The molecule has 12 heavy (non-hydrogen) atoms. The van der Waals surface area contributed by atoms with Crippen molar-refractivity contribution in [1.82, 2.24) is 5.32 Å². The molecule has 0 spiro atoms. The molecular formula is C9H8ClNO. The van der Waals surface area contributed by atoms with E-state index in [1.54, 1.807) is 5.54 Å². The molecule has 0 aromatic heterocycles. The molecule has 1 N–H and O–H groups in total. The van der Waals surface area contributed by atoms with Crippen LogP contribution in [0.15, 0.2) is 34.5 Å². The molecule has 0 bridgehead atoms. The van der Waals surface area contributed by atoms with E-state index in [4.69, 9.17) is 11.6 Å². The van der Waals surface area contributed by atoms with Crippen LogP contribution in [0.3, 0.4) is 0 Å². The number of fused-ring (bicyclic) bond motifs is 1. The number of halogens is 1. The van der Waals surface area contributed by atoms with Crippen molar-refractivity contribution in [2.24, 2.45) is 0 Å². The summed E-state index contributed by atoms with van der Waals surface area (Å²) >= 11 is 5.56. The number of rotatable bonds is 0. The highest BCUT2D eigenvalue weighted by molar-refractivity contribution is 6.25. The van der Waals surface area contributed by atoms with Gasteiger partial charge in [-0.25, -0.2) is 0 Å². The Morgan fingerprint density at radius 1 is 1.58 bits per heavy atom. The van der Waals surface area contributed by atoms with Gasteiger partial charge in [0.15, 0.2) is 0 Å². The van der Waals surface area contributed by atoms with Crippen molar-refractivity contribution in [2.75, 3.05) is 0 Å². The maximum absolute atomic E-state index is 11.0. The smallest absolute Gasteiger partial charge is 0.228 e. The van der Waals surface area contributed by atoms with Crippen LogP contribution >= 0.6 is 11.6 Å². The van der Waals surface area contributed by atoms with E-state index in [1.807, 2.05) is 12.2 Å². The molecule has 0 radical (unpaired) electrons. The summed E-state index contributed by atoms with van der Waals surface area (Å²) in [4.78, 5) is 11.0. The maximum atomic E-state index is 11.0. The third-order valence-corrected chi connectivity index (χ3v) is 2.31. The van der Waals surface area contributed by atoms with Gasteiger partial charge in [-0.15, -0.1) is 0 Å². The number of hydrogen-bond acceptors (Lipinski definition) is 1. The van der Waals surface area contributed by atoms with Crippen molar-refractivity contribution < 1.29 is 4.79 Å². The molecule has 1 heterocycles. The zero-order valence-corrected chi connectivity index (χ0v) is 7.19. The lowest BCUT2D eigenvalue weighted by atomic mass is 10.0. The van der Waals surface area contributed by atoms with Gasteiger partial charge in [-0.3, -0.25) is 4.79 Å². The zero-order valence-electron chi connectivity index (χ0n) is 6.43. The molecule has 0 atom stereocenters. The lowest BCUT2D eigenvalue weighted by Gasteiger charge is -2.07. The van der Waals surface area contributed by atoms with Crippen molar-refractivity contribution in [3.63, 3.8) is 0 Å². The summed E-state index contributed by atoms with van der Waals surface area (Å²) in [6.07, 6.45) is 5.31. The molecule has 0 aromatic rings. The zero-order chi connectivity index (χ0) is 8.55. The summed E-state index contributed by atoms with van der Waals surface area (Å²) in [6, 6.07) is 0. The largest absolute Gasteiger partial charge is 0.326 e. The molecular weight excluding hydrogens is 174 g/mol. The van der Waals surface area contributed by atoms with E-state index in [1.165, 1.54) is 0 Å². The topological polar surface area (TPSA) is 29.1 Å². The molecule has 1 aliphatic carbocycles. The SMILES string of the molecule is O=C1CC2=CCC(=CCl)C=C2N1. The number of allylic oxidation sites excluding steroid dienone is 4. The van der Waals surface area contributed by atoms with Gasteiger partial charge in [-0.05, 0) is 23.6 Å².